The van der Waals surface area contributed by atoms with Crippen molar-refractivity contribution in [2.75, 3.05) is 26.3 Å². The van der Waals surface area contributed by atoms with Crippen LogP contribution in [-0.4, -0.2) is 48.3 Å². The molecule has 226 valence electrons. The first-order valence-corrected chi connectivity index (χ1v) is 15.4. The largest absolute Gasteiger partial charge is 0.508 e. The Balaban J connectivity index is 0.000000247. The molecule has 0 unspecified atom stereocenters. The van der Waals surface area contributed by atoms with Gasteiger partial charge in [-0.15, -0.1) is 0 Å². The second-order valence-electron chi connectivity index (χ2n) is 10.6. The Morgan fingerprint density at radius 2 is 1.48 bits per heavy atom. The molecule has 7 heteroatoms. The predicted octanol–water partition coefficient (Wildman–Crippen LogP) is 6.64. The number of carbonyl (C=O) groups excluding carboxylic acids is 2. The normalized spacial score (nSPS) is 12.0. The molecule has 0 atom stereocenters. The van der Waals surface area contributed by atoms with Gasteiger partial charge in [0, 0.05) is 5.69 Å². The lowest BCUT2D eigenvalue weighted by molar-refractivity contribution is 0.0486. The number of aryl methyl sites for hydroxylation is 2. The summed E-state index contributed by atoms with van der Waals surface area (Å²) in [6.07, 6.45) is 10.0. The van der Waals surface area contributed by atoms with E-state index in [1.165, 1.54) is 24.0 Å². The summed E-state index contributed by atoms with van der Waals surface area (Å²) in [7, 11) is 0. The first-order valence-electron chi connectivity index (χ1n) is 15.4. The molecular formula is C35H46N2O5. The predicted molar refractivity (Wildman–Crippen MR) is 166 cm³/mol. The van der Waals surface area contributed by atoms with Crippen LogP contribution >= 0.6 is 0 Å². The average Bonchev–Trinajstić information content (AvgIpc) is 3.02. The molecule has 0 spiro atoms. The molecular weight excluding hydrogens is 528 g/mol. The molecule has 7 nitrogen and oxygen atoms in total. The molecule has 1 aromatic heterocycles. The number of hydrogen-bond acceptors (Lipinski definition) is 7. The van der Waals surface area contributed by atoms with E-state index in [9.17, 15) is 14.7 Å². The molecule has 0 saturated carbocycles. The number of phenolic OH excluding ortho intramolecular Hbond substituents is 1. The summed E-state index contributed by atoms with van der Waals surface area (Å²) in [5, 5.41) is 13.1. The van der Waals surface area contributed by atoms with Gasteiger partial charge < -0.3 is 19.9 Å². The van der Waals surface area contributed by atoms with Gasteiger partial charge in [0.05, 0.1) is 18.8 Å². The van der Waals surface area contributed by atoms with Crippen molar-refractivity contribution >= 4 is 11.9 Å². The zero-order valence-electron chi connectivity index (χ0n) is 25.2. The van der Waals surface area contributed by atoms with Crippen molar-refractivity contribution in [2.24, 2.45) is 0 Å². The van der Waals surface area contributed by atoms with Crippen LogP contribution in [0.2, 0.25) is 0 Å². The van der Waals surface area contributed by atoms with Crippen molar-refractivity contribution in [1.82, 2.24) is 10.3 Å². The highest BCUT2D eigenvalue weighted by molar-refractivity contribution is 5.89. The third-order valence-corrected chi connectivity index (χ3v) is 7.19. The molecule has 3 aromatic rings. The maximum Gasteiger partial charge on any atom is 0.356 e. The number of pyridine rings is 1. The number of esters is 2. The molecule has 0 saturated heterocycles. The summed E-state index contributed by atoms with van der Waals surface area (Å²) in [4.78, 5) is 28.0. The van der Waals surface area contributed by atoms with E-state index in [-0.39, 0.29) is 11.9 Å². The van der Waals surface area contributed by atoms with Crippen LogP contribution in [0.25, 0.3) is 0 Å². The van der Waals surface area contributed by atoms with Crippen molar-refractivity contribution in [3.05, 3.63) is 94.3 Å². The minimum Gasteiger partial charge on any atom is -0.508 e. The lowest BCUT2D eigenvalue weighted by Crippen LogP contribution is -2.20. The highest BCUT2D eigenvalue weighted by Gasteiger charge is 2.15. The number of aromatic hydroxyl groups is 1. The van der Waals surface area contributed by atoms with Crippen LogP contribution in [0, 0.1) is 0 Å². The van der Waals surface area contributed by atoms with E-state index in [0.717, 1.165) is 75.7 Å². The molecule has 0 amide bonds. The van der Waals surface area contributed by atoms with E-state index < -0.39 is 0 Å². The molecule has 1 aliphatic carbocycles. The first-order chi connectivity index (χ1) is 20.5. The Labute approximate surface area is 250 Å². The fourth-order valence-electron chi connectivity index (χ4n) is 4.58. The number of nitrogens with zero attached hydrogens (tertiary/aromatic N) is 1. The number of ether oxygens (including phenoxy) is 2. The van der Waals surface area contributed by atoms with E-state index in [1.807, 2.05) is 48.5 Å². The van der Waals surface area contributed by atoms with Crippen molar-refractivity contribution < 1.29 is 24.2 Å². The standard InChI is InChI=1S/C21H27NO3.C14H19NO2/c1-2-3-16-25-21(24)19-10-8-17(9-11-19)12-14-22-15-13-18-6-4-5-7-20(18)23;1-2-3-10-17-14(16)13-9-8-11-6-4-5-7-12(11)15-13/h4-11,22-23H,2-3,12-16H2,1H3;8-9H,2-7,10H2,1H3. The molecule has 1 aliphatic rings. The summed E-state index contributed by atoms with van der Waals surface area (Å²) >= 11 is 0. The third-order valence-electron chi connectivity index (χ3n) is 7.19. The van der Waals surface area contributed by atoms with E-state index >= 15 is 0 Å². The van der Waals surface area contributed by atoms with Crippen molar-refractivity contribution in [3.8, 4) is 5.75 Å². The summed E-state index contributed by atoms with van der Waals surface area (Å²) in [6, 6.07) is 18.8. The lowest BCUT2D eigenvalue weighted by atomic mass is 9.96. The first kappa shape index (κ1) is 32.8. The van der Waals surface area contributed by atoms with Gasteiger partial charge in [0.15, 0.2) is 0 Å². The fourth-order valence-corrected chi connectivity index (χ4v) is 4.58. The van der Waals surface area contributed by atoms with Gasteiger partial charge in [-0.1, -0.05) is 63.1 Å². The summed E-state index contributed by atoms with van der Waals surface area (Å²) in [5.41, 5.74) is 5.58. The number of carbonyl (C=O) groups is 2. The number of unbranched alkanes of at least 4 members (excludes halogenated alkanes) is 2. The second-order valence-corrected chi connectivity index (χ2v) is 10.6. The number of hydrogen-bond donors (Lipinski definition) is 2. The van der Waals surface area contributed by atoms with E-state index in [0.29, 0.717) is 30.2 Å². The molecule has 0 aliphatic heterocycles. The van der Waals surface area contributed by atoms with Crippen molar-refractivity contribution in [3.63, 3.8) is 0 Å². The second kappa shape index (κ2) is 18.7. The maximum absolute atomic E-state index is 11.8. The number of aromatic nitrogens is 1. The Kier molecular flexibility index (Phi) is 14.6. The smallest absolute Gasteiger partial charge is 0.356 e. The molecule has 0 radical (unpaired) electrons. The van der Waals surface area contributed by atoms with Crippen LogP contribution in [0.5, 0.6) is 5.75 Å². The topological polar surface area (TPSA) is 97.8 Å². The minimum atomic E-state index is -0.285. The van der Waals surface area contributed by atoms with Gasteiger partial charge in [-0.05, 0) is 105 Å². The summed E-state index contributed by atoms with van der Waals surface area (Å²) < 4.78 is 10.4. The van der Waals surface area contributed by atoms with Crippen LogP contribution in [0.1, 0.15) is 95.6 Å². The van der Waals surface area contributed by atoms with Crippen molar-refractivity contribution in [2.45, 2.75) is 78.1 Å². The zero-order chi connectivity index (χ0) is 30.0. The van der Waals surface area contributed by atoms with Crippen LogP contribution in [0.4, 0.5) is 0 Å². The van der Waals surface area contributed by atoms with Crippen molar-refractivity contribution in [1.29, 1.82) is 0 Å². The molecule has 2 aromatic carbocycles. The molecule has 1 heterocycles. The SMILES string of the molecule is CCCCOC(=O)c1ccc(CCNCCc2ccccc2O)cc1.CCCCOC(=O)c1ccc2c(n1)CCCC2. The summed E-state index contributed by atoms with van der Waals surface area (Å²) in [6.45, 7) is 6.80. The van der Waals surface area contributed by atoms with E-state index in [2.05, 4.69) is 24.1 Å². The molecule has 2 N–H and O–H groups in total. The Hall–Kier alpha value is -3.71. The number of rotatable bonds is 14. The monoisotopic (exact) mass is 574 g/mol. The van der Waals surface area contributed by atoms with Gasteiger partial charge in [0.25, 0.3) is 0 Å². The molecule has 4 rings (SSSR count). The fraction of sp³-hybridized carbons (Fsp3) is 0.457. The lowest BCUT2D eigenvalue weighted by Gasteiger charge is -2.14. The van der Waals surface area contributed by atoms with Crippen LogP contribution < -0.4 is 5.32 Å². The Morgan fingerprint density at radius 3 is 2.19 bits per heavy atom. The Morgan fingerprint density at radius 1 is 0.810 bits per heavy atom. The molecule has 0 fully saturated rings. The van der Waals surface area contributed by atoms with E-state index in [4.69, 9.17) is 9.47 Å². The number of para-hydroxylation sites is 1. The maximum atomic E-state index is 11.8. The highest BCUT2D eigenvalue weighted by atomic mass is 16.5. The number of nitrogens with one attached hydrogen (secondary N) is 1. The van der Waals surface area contributed by atoms with Gasteiger partial charge >= 0.3 is 11.9 Å². The van der Waals surface area contributed by atoms with Crippen LogP contribution in [0.3, 0.4) is 0 Å². The Bertz CT molecular complexity index is 1240. The van der Waals surface area contributed by atoms with Gasteiger partial charge in [0.1, 0.15) is 11.4 Å². The molecule has 0 bridgehead atoms. The minimum absolute atomic E-state index is 0.249. The highest BCUT2D eigenvalue weighted by Crippen LogP contribution is 2.20. The van der Waals surface area contributed by atoms with Gasteiger partial charge in [-0.2, -0.15) is 0 Å². The van der Waals surface area contributed by atoms with Gasteiger partial charge in [0.2, 0.25) is 0 Å². The summed E-state index contributed by atoms with van der Waals surface area (Å²) in [5.74, 6) is -0.182. The zero-order valence-corrected chi connectivity index (χ0v) is 25.2. The van der Waals surface area contributed by atoms with E-state index in [1.54, 1.807) is 12.1 Å². The number of phenols is 1. The van der Waals surface area contributed by atoms with Gasteiger partial charge in [-0.25, -0.2) is 14.6 Å². The van der Waals surface area contributed by atoms with Crippen LogP contribution in [-0.2, 0) is 35.2 Å². The third kappa shape index (κ3) is 11.3. The molecule has 42 heavy (non-hydrogen) atoms. The average molecular weight is 575 g/mol. The van der Waals surface area contributed by atoms with Crippen LogP contribution in [0.15, 0.2) is 60.7 Å². The number of fused-ring (bicyclic) bond motifs is 1. The van der Waals surface area contributed by atoms with Gasteiger partial charge in [-0.3, -0.25) is 0 Å². The quantitative estimate of drug-likeness (QED) is 0.164. The number of benzene rings is 2.